The molecule has 2 aromatic rings. The predicted octanol–water partition coefficient (Wildman–Crippen LogP) is 1.92. The van der Waals surface area contributed by atoms with Crippen LogP contribution in [0.25, 0.3) is 10.4 Å². The van der Waals surface area contributed by atoms with Gasteiger partial charge in [-0.05, 0) is 31.5 Å². The van der Waals surface area contributed by atoms with Crippen molar-refractivity contribution < 1.29 is 22.4 Å². The number of carbonyl (C=O) groups is 2. The molecule has 0 aliphatic rings. The van der Waals surface area contributed by atoms with Gasteiger partial charge in [-0.2, -0.15) is 0 Å². The Morgan fingerprint density at radius 3 is 2.52 bits per heavy atom. The second kappa shape index (κ2) is 8.01. The molecule has 0 fully saturated rings. The summed E-state index contributed by atoms with van der Waals surface area (Å²) in [6.07, 6.45) is 0.934. The van der Waals surface area contributed by atoms with E-state index in [1.807, 2.05) is 0 Å². The van der Waals surface area contributed by atoms with Crippen LogP contribution in [0.4, 0.5) is 14.3 Å². The minimum Gasteiger partial charge on any atom is -0.357 e. The van der Waals surface area contributed by atoms with Gasteiger partial charge in [-0.1, -0.05) is 17.4 Å². The molecule has 0 aliphatic carbocycles. The van der Waals surface area contributed by atoms with Crippen molar-refractivity contribution in [1.29, 1.82) is 0 Å². The number of amides is 3. The predicted molar refractivity (Wildman–Crippen MR) is 101 cm³/mol. The van der Waals surface area contributed by atoms with Gasteiger partial charge in [-0.25, -0.2) is 22.6 Å². The molecule has 0 spiro atoms. The Labute approximate surface area is 160 Å². The summed E-state index contributed by atoms with van der Waals surface area (Å²) in [6, 6.07) is 2.47. The Bertz CT molecular complexity index is 988. The third-order valence-corrected chi connectivity index (χ3v) is 5.85. The number of nitrogens with one attached hydrogen (secondary N) is 3. The molecule has 0 saturated heterocycles. The summed E-state index contributed by atoms with van der Waals surface area (Å²) in [5, 5.41) is 7.66. The van der Waals surface area contributed by atoms with Crippen molar-refractivity contribution in [2.45, 2.75) is 24.8 Å². The Kier molecular flexibility index (Phi) is 6.16. The molecular weight excluding hydrogens is 395 g/mol. The summed E-state index contributed by atoms with van der Waals surface area (Å²) in [5.41, 5.74) is 0.989. The Morgan fingerprint density at radius 2 is 1.96 bits per heavy atom. The molecule has 1 atom stereocenters. The lowest BCUT2D eigenvalue weighted by Crippen LogP contribution is -2.45. The van der Waals surface area contributed by atoms with Crippen molar-refractivity contribution in [3.8, 4) is 10.4 Å². The molecule has 1 heterocycles. The lowest BCUT2D eigenvalue weighted by molar-refractivity contribution is -0.122. The fourth-order valence-electron chi connectivity index (χ4n) is 2.27. The van der Waals surface area contributed by atoms with Gasteiger partial charge in [-0.15, -0.1) is 0 Å². The monoisotopic (exact) mass is 414 g/mol. The second-order valence-electron chi connectivity index (χ2n) is 5.79. The van der Waals surface area contributed by atoms with E-state index in [1.165, 1.54) is 26.1 Å². The largest absolute Gasteiger partial charge is 0.357 e. The Hall–Kier alpha value is -2.53. The van der Waals surface area contributed by atoms with Crippen LogP contribution in [0.15, 0.2) is 23.1 Å². The highest BCUT2D eigenvalue weighted by atomic mass is 32.2. The maximum atomic E-state index is 14.1. The summed E-state index contributed by atoms with van der Waals surface area (Å²) in [6.45, 7) is 3.22. The van der Waals surface area contributed by atoms with Crippen molar-refractivity contribution in [2.24, 2.45) is 0 Å². The van der Waals surface area contributed by atoms with Crippen LogP contribution >= 0.6 is 11.3 Å². The number of anilines is 1. The average Bonchev–Trinajstić information content (AvgIpc) is 2.92. The van der Waals surface area contributed by atoms with Crippen molar-refractivity contribution >= 4 is 38.2 Å². The summed E-state index contributed by atoms with van der Waals surface area (Å²) >= 11 is 1.10. The number of hydrogen-bond donors (Lipinski definition) is 3. The van der Waals surface area contributed by atoms with Gasteiger partial charge >= 0.3 is 6.03 Å². The zero-order valence-electron chi connectivity index (χ0n) is 15.1. The van der Waals surface area contributed by atoms with E-state index in [2.05, 4.69) is 20.9 Å². The third-order valence-electron chi connectivity index (χ3n) is 3.60. The van der Waals surface area contributed by atoms with Crippen LogP contribution in [0.3, 0.4) is 0 Å². The number of aromatic nitrogens is 1. The molecule has 0 saturated carbocycles. The number of aryl methyl sites for hydroxylation is 1. The van der Waals surface area contributed by atoms with Gasteiger partial charge in [0.25, 0.3) is 0 Å². The van der Waals surface area contributed by atoms with Crippen molar-refractivity contribution in [3.63, 3.8) is 0 Å². The van der Waals surface area contributed by atoms with Crippen LogP contribution in [0, 0.1) is 12.7 Å². The van der Waals surface area contributed by atoms with Crippen molar-refractivity contribution in [2.75, 3.05) is 18.6 Å². The normalized spacial score (nSPS) is 12.3. The molecule has 8 nitrogen and oxygen atoms in total. The quantitative estimate of drug-likeness (QED) is 0.691. The van der Waals surface area contributed by atoms with E-state index in [4.69, 9.17) is 0 Å². The summed E-state index contributed by atoms with van der Waals surface area (Å²) in [5.74, 6) is -1.20. The molecule has 0 bridgehead atoms. The molecule has 3 N–H and O–H groups in total. The first kappa shape index (κ1) is 20.8. The van der Waals surface area contributed by atoms with E-state index in [1.54, 1.807) is 6.92 Å². The number of nitrogens with zero attached hydrogens (tertiary/aromatic N) is 1. The molecule has 1 aromatic heterocycles. The average molecular weight is 414 g/mol. The highest BCUT2D eigenvalue weighted by Crippen LogP contribution is 2.34. The van der Waals surface area contributed by atoms with Gasteiger partial charge in [0.15, 0.2) is 15.0 Å². The van der Waals surface area contributed by atoms with E-state index in [0.29, 0.717) is 16.1 Å². The topological polar surface area (TPSA) is 117 Å². The van der Waals surface area contributed by atoms with Gasteiger partial charge in [0, 0.05) is 13.3 Å². The minimum absolute atomic E-state index is 0.261. The molecule has 146 valence electrons. The van der Waals surface area contributed by atoms with Gasteiger partial charge in [0.2, 0.25) is 5.91 Å². The van der Waals surface area contributed by atoms with Gasteiger partial charge in [0.05, 0.1) is 10.6 Å². The molecule has 0 radical (unpaired) electrons. The number of likely N-dealkylation sites (N-methyl/N-ethyl adjacent to an activating group) is 1. The summed E-state index contributed by atoms with van der Waals surface area (Å²) in [4.78, 5) is 27.8. The van der Waals surface area contributed by atoms with Crippen LogP contribution < -0.4 is 16.0 Å². The standard InChI is InChI=1S/C16H19FN4O4S2/c1-8-13(10-5-6-12(11(17)7-10)27(4,24)25)26-16(20-8)21-15(23)19-9(2)14(22)18-3/h5-7,9H,1-4H3,(H,18,22)(H2,19,20,21,23)/t9-/m0/s1. The lowest BCUT2D eigenvalue weighted by atomic mass is 10.1. The molecular formula is C16H19FN4O4S2. The number of halogens is 1. The molecule has 2 rings (SSSR count). The highest BCUT2D eigenvalue weighted by molar-refractivity contribution is 7.90. The van der Waals surface area contributed by atoms with Crippen LogP contribution in [0.5, 0.6) is 0 Å². The maximum absolute atomic E-state index is 14.1. The van der Waals surface area contributed by atoms with E-state index in [9.17, 15) is 22.4 Å². The van der Waals surface area contributed by atoms with E-state index >= 15 is 0 Å². The molecule has 3 amide bonds. The van der Waals surface area contributed by atoms with Crippen LogP contribution in [-0.2, 0) is 14.6 Å². The molecule has 11 heteroatoms. The third kappa shape index (κ3) is 5.01. The smallest absolute Gasteiger partial charge is 0.321 e. The highest BCUT2D eigenvalue weighted by Gasteiger charge is 2.18. The fraction of sp³-hybridized carbons (Fsp3) is 0.312. The first-order valence-electron chi connectivity index (χ1n) is 7.79. The number of sulfone groups is 1. The summed E-state index contributed by atoms with van der Waals surface area (Å²) in [7, 11) is -2.20. The number of rotatable bonds is 5. The van der Waals surface area contributed by atoms with E-state index in [-0.39, 0.29) is 15.9 Å². The number of urea groups is 1. The van der Waals surface area contributed by atoms with Crippen LogP contribution in [0.2, 0.25) is 0 Å². The molecule has 0 unspecified atom stereocenters. The zero-order valence-corrected chi connectivity index (χ0v) is 16.7. The Balaban J connectivity index is 2.20. The van der Waals surface area contributed by atoms with Gasteiger partial charge in [0.1, 0.15) is 16.8 Å². The molecule has 1 aromatic carbocycles. The first-order chi connectivity index (χ1) is 12.5. The zero-order chi connectivity index (χ0) is 20.4. The van der Waals surface area contributed by atoms with Gasteiger partial charge in [-0.3, -0.25) is 10.1 Å². The number of hydrogen-bond acceptors (Lipinski definition) is 6. The maximum Gasteiger partial charge on any atom is 0.321 e. The first-order valence-corrected chi connectivity index (χ1v) is 10.5. The Morgan fingerprint density at radius 1 is 1.30 bits per heavy atom. The summed E-state index contributed by atoms with van der Waals surface area (Å²) < 4.78 is 37.2. The minimum atomic E-state index is -3.66. The van der Waals surface area contributed by atoms with Crippen LogP contribution in [-0.4, -0.2) is 44.7 Å². The fourth-order valence-corrected chi connectivity index (χ4v) is 3.96. The lowest BCUT2D eigenvalue weighted by Gasteiger charge is -2.11. The molecule has 0 aliphatic heterocycles. The van der Waals surface area contributed by atoms with Crippen LogP contribution in [0.1, 0.15) is 12.6 Å². The van der Waals surface area contributed by atoms with Crippen molar-refractivity contribution in [3.05, 3.63) is 29.7 Å². The van der Waals surface area contributed by atoms with E-state index in [0.717, 1.165) is 23.7 Å². The van der Waals surface area contributed by atoms with Crippen molar-refractivity contribution in [1.82, 2.24) is 15.6 Å². The SMILES string of the molecule is CNC(=O)[C@H](C)NC(=O)Nc1nc(C)c(-c2ccc(S(C)(=O)=O)c(F)c2)s1. The second-order valence-corrected chi connectivity index (χ2v) is 8.77. The van der Waals surface area contributed by atoms with Gasteiger partial charge < -0.3 is 10.6 Å². The number of benzene rings is 1. The van der Waals surface area contributed by atoms with E-state index < -0.39 is 27.7 Å². The number of carbonyl (C=O) groups excluding carboxylic acids is 2. The molecule has 27 heavy (non-hydrogen) atoms. The number of thiazole rings is 1.